The van der Waals surface area contributed by atoms with Gasteiger partial charge in [0.05, 0.1) is 5.41 Å². The second kappa shape index (κ2) is 7.08. The molecule has 118 valence electrons. The van der Waals surface area contributed by atoms with E-state index < -0.39 is 11.4 Å². The summed E-state index contributed by atoms with van der Waals surface area (Å²) in [5, 5.41) is 12.6. The number of rotatable bonds is 8. The summed E-state index contributed by atoms with van der Waals surface area (Å²) >= 11 is 0. The Morgan fingerprint density at radius 2 is 1.76 bits per heavy atom. The van der Waals surface area contributed by atoms with Crippen LogP contribution in [0.3, 0.4) is 0 Å². The first-order chi connectivity index (χ1) is 9.65. The van der Waals surface area contributed by atoms with Gasteiger partial charge in [-0.3, -0.25) is 4.79 Å². The zero-order chi connectivity index (χ0) is 16.1. The summed E-state index contributed by atoms with van der Waals surface area (Å²) in [5.74, 6) is -0.735. The van der Waals surface area contributed by atoms with Crippen LogP contribution < -0.4 is 5.32 Å². The summed E-state index contributed by atoms with van der Waals surface area (Å²) in [6.07, 6.45) is 1.66. The van der Waals surface area contributed by atoms with E-state index in [-0.39, 0.29) is 5.41 Å². The minimum absolute atomic E-state index is 0.107. The van der Waals surface area contributed by atoms with E-state index in [1.165, 1.54) is 5.56 Å². The van der Waals surface area contributed by atoms with E-state index in [9.17, 15) is 4.79 Å². The second-order valence-electron chi connectivity index (χ2n) is 7.25. The lowest BCUT2D eigenvalue weighted by Gasteiger charge is -2.30. The van der Waals surface area contributed by atoms with E-state index >= 15 is 0 Å². The molecule has 0 heterocycles. The van der Waals surface area contributed by atoms with Crippen LogP contribution in [-0.2, 0) is 10.2 Å². The van der Waals surface area contributed by atoms with Crippen LogP contribution in [0.15, 0.2) is 30.3 Å². The van der Waals surface area contributed by atoms with Crippen molar-refractivity contribution in [1.29, 1.82) is 0 Å². The molecule has 0 aliphatic carbocycles. The molecule has 1 atom stereocenters. The van der Waals surface area contributed by atoms with Crippen molar-refractivity contribution in [3.05, 3.63) is 35.9 Å². The van der Waals surface area contributed by atoms with Gasteiger partial charge in [-0.1, -0.05) is 44.2 Å². The monoisotopic (exact) mass is 291 g/mol. The van der Waals surface area contributed by atoms with Gasteiger partial charge in [-0.25, -0.2) is 0 Å². The molecule has 2 N–H and O–H groups in total. The van der Waals surface area contributed by atoms with Crippen LogP contribution in [0.2, 0.25) is 0 Å². The molecular weight excluding hydrogens is 262 g/mol. The molecule has 1 rings (SSSR count). The highest BCUT2D eigenvalue weighted by Gasteiger charge is 2.27. The zero-order valence-electron chi connectivity index (χ0n) is 13.9. The minimum Gasteiger partial charge on any atom is -0.481 e. The van der Waals surface area contributed by atoms with Crippen molar-refractivity contribution in [2.24, 2.45) is 5.41 Å². The third kappa shape index (κ3) is 5.50. The van der Waals surface area contributed by atoms with Gasteiger partial charge in [0.2, 0.25) is 0 Å². The van der Waals surface area contributed by atoms with Crippen LogP contribution in [0.1, 0.15) is 53.0 Å². The molecule has 0 fully saturated rings. The van der Waals surface area contributed by atoms with Crippen LogP contribution in [-0.4, -0.2) is 23.7 Å². The molecule has 21 heavy (non-hydrogen) atoms. The smallest absolute Gasteiger partial charge is 0.309 e. The maximum absolute atomic E-state index is 11.1. The quantitative estimate of drug-likeness (QED) is 0.765. The molecule has 0 saturated heterocycles. The first kappa shape index (κ1) is 17.7. The summed E-state index contributed by atoms with van der Waals surface area (Å²) in [5.41, 5.74) is 0.780. The number of aliphatic carboxylic acids is 1. The molecule has 0 radical (unpaired) electrons. The van der Waals surface area contributed by atoms with Gasteiger partial charge in [0.1, 0.15) is 0 Å². The fourth-order valence-corrected chi connectivity index (χ4v) is 2.58. The number of hydrogen-bond acceptors (Lipinski definition) is 2. The van der Waals surface area contributed by atoms with Gasteiger partial charge < -0.3 is 10.4 Å². The summed E-state index contributed by atoms with van der Waals surface area (Å²) in [7, 11) is 0. The van der Waals surface area contributed by atoms with E-state index in [0.29, 0.717) is 12.5 Å². The van der Waals surface area contributed by atoms with Gasteiger partial charge in [-0.2, -0.15) is 0 Å². The Hall–Kier alpha value is -1.35. The van der Waals surface area contributed by atoms with Gasteiger partial charge in [0, 0.05) is 6.04 Å². The van der Waals surface area contributed by atoms with E-state index in [4.69, 9.17) is 5.11 Å². The molecule has 0 aliphatic rings. The fourth-order valence-electron chi connectivity index (χ4n) is 2.58. The molecule has 3 heteroatoms. The maximum atomic E-state index is 11.1. The Morgan fingerprint density at radius 3 is 2.29 bits per heavy atom. The standard InChI is InChI=1S/C18H29NO2/c1-14(19-12-11-17(2,3)16(20)21)13-18(4,5)15-9-7-6-8-10-15/h6-10,14,19H,11-13H2,1-5H3,(H,20,21). The van der Waals surface area contributed by atoms with E-state index in [1.54, 1.807) is 13.8 Å². The number of carbonyl (C=O) groups is 1. The van der Waals surface area contributed by atoms with Crippen LogP contribution >= 0.6 is 0 Å². The topological polar surface area (TPSA) is 49.3 Å². The second-order valence-corrected chi connectivity index (χ2v) is 7.25. The largest absolute Gasteiger partial charge is 0.481 e. The summed E-state index contributed by atoms with van der Waals surface area (Å²) in [6.45, 7) is 10.9. The first-order valence-corrected chi connectivity index (χ1v) is 7.67. The zero-order valence-corrected chi connectivity index (χ0v) is 13.9. The maximum Gasteiger partial charge on any atom is 0.309 e. The lowest BCUT2D eigenvalue weighted by molar-refractivity contribution is -0.147. The molecule has 1 aromatic carbocycles. The molecule has 0 aromatic heterocycles. The van der Waals surface area contributed by atoms with Crippen molar-refractivity contribution in [3.8, 4) is 0 Å². The molecule has 1 unspecified atom stereocenters. The van der Waals surface area contributed by atoms with Crippen molar-refractivity contribution in [1.82, 2.24) is 5.32 Å². The molecule has 0 amide bonds. The van der Waals surface area contributed by atoms with Crippen LogP contribution in [0.5, 0.6) is 0 Å². The Morgan fingerprint density at radius 1 is 1.19 bits per heavy atom. The highest BCUT2D eigenvalue weighted by atomic mass is 16.4. The van der Waals surface area contributed by atoms with Crippen LogP contribution in [0.4, 0.5) is 0 Å². The average Bonchev–Trinajstić information content (AvgIpc) is 2.38. The number of hydrogen-bond donors (Lipinski definition) is 2. The Labute approximate surface area is 128 Å². The molecule has 1 aromatic rings. The highest BCUT2D eigenvalue weighted by Crippen LogP contribution is 2.28. The summed E-state index contributed by atoms with van der Waals surface area (Å²) in [6, 6.07) is 10.9. The van der Waals surface area contributed by atoms with Crippen molar-refractivity contribution >= 4 is 5.97 Å². The minimum atomic E-state index is -0.735. The van der Waals surface area contributed by atoms with E-state index in [2.05, 4.69) is 50.4 Å². The number of benzene rings is 1. The third-order valence-electron chi connectivity index (χ3n) is 4.19. The lowest BCUT2D eigenvalue weighted by atomic mass is 9.79. The Bertz CT molecular complexity index is 452. The van der Waals surface area contributed by atoms with Crippen LogP contribution in [0.25, 0.3) is 0 Å². The molecular formula is C18H29NO2. The normalized spacial score (nSPS) is 14.0. The van der Waals surface area contributed by atoms with E-state index in [0.717, 1.165) is 13.0 Å². The number of carboxylic acids is 1. The van der Waals surface area contributed by atoms with Crippen molar-refractivity contribution < 1.29 is 9.90 Å². The van der Waals surface area contributed by atoms with Crippen molar-refractivity contribution in [3.63, 3.8) is 0 Å². The summed E-state index contributed by atoms with van der Waals surface area (Å²) in [4.78, 5) is 11.1. The molecule has 3 nitrogen and oxygen atoms in total. The third-order valence-corrected chi connectivity index (χ3v) is 4.19. The first-order valence-electron chi connectivity index (χ1n) is 7.67. The predicted octanol–water partition coefficient (Wildman–Crippen LogP) is 3.83. The van der Waals surface area contributed by atoms with E-state index in [1.807, 2.05) is 6.07 Å². The SMILES string of the molecule is CC(CC(C)(C)c1ccccc1)NCCC(C)(C)C(=O)O. The molecule has 0 aliphatic heterocycles. The molecule has 0 saturated carbocycles. The lowest BCUT2D eigenvalue weighted by Crippen LogP contribution is -2.36. The Kier molecular flexibility index (Phi) is 5.97. The van der Waals surface area contributed by atoms with Gasteiger partial charge in [-0.15, -0.1) is 0 Å². The van der Waals surface area contributed by atoms with Gasteiger partial charge >= 0.3 is 5.97 Å². The number of nitrogens with one attached hydrogen (secondary N) is 1. The van der Waals surface area contributed by atoms with Gasteiger partial charge in [0.25, 0.3) is 0 Å². The van der Waals surface area contributed by atoms with Gasteiger partial charge in [-0.05, 0) is 51.1 Å². The fraction of sp³-hybridized carbons (Fsp3) is 0.611. The predicted molar refractivity (Wildman–Crippen MR) is 87.6 cm³/mol. The molecule has 0 spiro atoms. The Balaban J connectivity index is 2.47. The summed E-state index contributed by atoms with van der Waals surface area (Å²) < 4.78 is 0. The number of carboxylic acid groups (broad SMARTS) is 1. The van der Waals surface area contributed by atoms with Gasteiger partial charge in [0.15, 0.2) is 0 Å². The molecule has 0 bridgehead atoms. The average molecular weight is 291 g/mol. The highest BCUT2D eigenvalue weighted by molar-refractivity contribution is 5.73. The van der Waals surface area contributed by atoms with Crippen LogP contribution in [0, 0.1) is 5.41 Å². The van der Waals surface area contributed by atoms with Crippen molar-refractivity contribution in [2.75, 3.05) is 6.54 Å². The van der Waals surface area contributed by atoms with Crippen molar-refractivity contribution in [2.45, 2.75) is 58.9 Å².